The summed E-state index contributed by atoms with van der Waals surface area (Å²) in [5.74, 6) is 0. The van der Waals surface area contributed by atoms with Gasteiger partial charge in [0.15, 0.2) is 0 Å². The lowest BCUT2D eigenvalue weighted by molar-refractivity contribution is 1.20. The molecule has 0 bridgehead atoms. The fraction of sp³-hybridized carbons (Fsp3) is 0. The third-order valence-corrected chi connectivity index (χ3v) is 9.57. The molecule has 9 rings (SSSR count). The molecule has 0 unspecified atom stereocenters. The molecule has 1 nitrogen and oxygen atoms in total. The molecule has 0 saturated heterocycles. The van der Waals surface area contributed by atoms with E-state index < -0.39 is 0 Å². The minimum atomic E-state index is 1.24. The Bertz CT molecular complexity index is 2390. The predicted octanol–water partition coefficient (Wildman–Crippen LogP) is 11.1. The topological polar surface area (TPSA) is 4.93 Å². The van der Waals surface area contributed by atoms with Crippen LogP contribution in [0.1, 0.15) is 0 Å². The van der Waals surface area contributed by atoms with Gasteiger partial charge >= 0.3 is 0 Å². The van der Waals surface area contributed by atoms with E-state index in [9.17, 15) is 0 Å². The minimum Gasteiger partial charge on any atom is -0.308 e. The first-order valence-electron chi connectivity index (χ1n) is 13.7. The zero-order valence-electron chi connectivity index (χ0n) is 21.6. The Morgan fingerprint density at radius 1 is 0.425 bits per heavy atom. The maximum Gasteiger partial charge on any atom is 0.0640 e. The van der Waals surface area contributed by atoms with Crippen LogP contribution in [0, 0.1) is 0 Å². The number of thiophene rings is 1. The lowest BCUT2D eigenvalue weighted by Gasteiger charge is -2.13. The van der Waals surface area contributed by atoms with E-state index in [-0.39, 0.29) is 0 Å². The van der Waals surface area contributed by atoms with Gasteiger partial charge < -0.3 is 4.57 Å². The molecular formula is C38H23NS. The molecule has 0 aliphatic heterocycles. The van der Waals surface area contributed by atoms with Crippen molar-refractivity contribution in [1.82, 2.24) is 4.57 Å². The summed E-state index contributed by atoms with van der Waals surface area (Å²) in [5.41, 5.74) is 6.28. The molecule has 0 aliphatic carbocycles. The number of rotatable bonds is 2. The molecule has 0 atom stereocenters. The van der Waals surface area contributed by atoms with Gasteiger partial charge in [0.1, 0.15) is 0 Å². The molecule has 0 radical (unpaired) electrons. The standard InChI is InChI=1S/C38H23NS/c1-3-12-27-24(10-1)22-25-11-2-4-13-28(25)37(27)26-20-21-34-32(23-26)29-14-5-7-17-33(29)39(34)35-18-9-16-31-30-15-6-8-19-36(30)40-38(31)35/h1-23H. The number of para-hydroxylation sites is 1. The molecule has 186 valence electrons. The number of benzene rings is 7. The van der Waals surface area contributed by atoms with Crippen LogP contribution in [0.15, 0.2) is 140 Å². The molecule has 2 aromatic heterocycles. The quantitative estimate of drug-likeness (QED) is 0.198. The van der Waals surface area contributed by atoms with Crippen LogP contribution in [0.25, 0.3) is 80.3 Å². The lowest BCUT2D eigenvalue weighted by atomic mass is 9.91. The van der Waals surface area contributed by atoms with Crippen LogP contribution < -0.4 is 0 Å². The molecule has 7 aromatic carbocycles. The maximum absolute atomic E-state index is 2.47. The van der Waals surface area contributed by atoms with Gasteiger partial charge in [0.05, 0.1) is 21.4 Å². The van der Waals surface area contributed by atoms with Crippen molar-refractivity contribution in [3.8, 4) is 16.8 Å². The van der Waals surface area contributed by atoms with Crippen molar-refractivity contribution in [2.45, 2.75) is 0 Å². The number of hydrogen-bond acceptors (Lipinski definition) is 1. The van der Waals surface area contributed by atoms with Gasteiger partial charge in [-0.15, -0.1) is 11.3 Å². The second-order valence-electron chi connectivity index (χ2n) is 10.5. The van der Waals surface area contributed by atoms with E-state index in [0.29, 0.717) is 0 Å². The summed E-state index contributed by atoms with van der Waals surface area (Å²) in [4.78, 5) is 0. The highest BCUT2D eigenvalue weighted by Crippen LogP contribution is 2.43. The minimum absolute atomic E-state index is 1.24. The van der Waals surface area contributed by atoms with E-state index in [1.807, 2.05) is 11.3 Å². The molecule has 40 heavy (non-hydrogen) atoms. The van der Waals surface area contributed by atoms with E-state index >= 15 is 0 Å². The summed E-state index contributed by atoms with van der Waals surface area (Å²) in [6, 6.07) is 51.2. The number of hydrogen-bond donors (Lipinski definition) is 0. The second-order valence-corrected chi connectivity index (χ2v) is 11.6. The van der Waals surface area contributed by atoms with Crippen LogP contribution in [0.5, 0.6) is 0 Å². The third-order valence-electron chi connectivity index (χ3n) is 8.36. The highest BCUT2D eigenvalue weighted by Gasteiger charge is 2.18. The molecular weight excluding hydrogens is 502 g/mol. The van der Waals surface area contributed by atoms with Crippen LogP contribution >= 0.6 is 11.3 Å². The van der Waals surface area contributed by atoms with Crippen LogP contribution in [0.4, 0.5) is 0 Å². The number of nitrogens with zero attached hydrogens (tertiary/aromatic N) is 1. The Morgan fingerprint density at radius 3 is 1.85 bits per heavy atom. The molecule has 0 fully saturated rings. The Morgan fingerprint density at radius 2 is 1.05 bits per heavy atom. The van der Waals surface area contributed by atoms with Gasteiger partial charge in [-0.3, -0.25) is 0 Å². The number of fused-ring (bicyclic) bond motifs is 8. The highest BCUT2D eigenvalue weighted by molar-refractivity contribution is 7.26. The van der Waals surface area contributed by atoms with E-state index in [0.717, 1.165) is 0 Å². The molecule has 2 heteroatoms. The highest BCUT2D eigenvalue weighted by atomic mass is 32.1. The maximum atomic E-state index is 2.47. The Balaban J connectivity index is 1.38. The summed E-state index contributed by atoms with van der Waals surface area (Å²) >= 11 is 1.89. The fourth-order valence-corrected chi connectivity index (χ4v) is 7.83. The Hall–Kier alpha value is -4.92. The molecule has 2 heterocycles. The predicted molar refractivity (Wildman–Crippen MR) is 174 cm³/mol. The second kappa shape index (κ2) is 8.29. The summed E-state index contributed by atoms with van der Waals surface area (Å²) in [6.07, 6.45) is 0. The monoisotopic (exact) mass is 525 g/mol. The van der Waals surface area contributed by atoms with E-state index in [1.54, 1.807) is 0 Å². The van der Waals surface area contributed by atoms with Gasteiger partial charge in [-0.1, -0.05) is 103 Å². The summed E-state index contributed by atoms with van der Waals surface area (Å²) in [5, 5.41) is 10.3. The van der Waals surface area contributed by atoms with E-state index in [2.05, 4.69) is 144 Å². The van der Waals surface area contributed by atoms with Gasteiger partial charge in [-0.05, 0) is 69.1 Å². The first kappa shape index (κ1) is 22.0. The zero-order valence-corrected chi connectivity index (χ0v) is 22.5. The zero-order chi connectivity index (χ0) is 26.2. The van der Waals surface area contributed by atoms with Crippen molar-refractivity contribution in [3.05, 3.63) is 140 Å². The van der Waals surface area contributed by atoms with Crippen molar-refractivity contribution in [2.24, 2.45) is 0 Å². The average molecular weight is 526 g/mol. The normalized spacial score (nSPS) is 12.0. The summed E-state index contributed by atoms with van der Waals surface area (Å²) in [7, 11) is 0. The summed E-state index contributed by atoms with van der Waals surface area (Å²) in [6.45, 7) is 0. The Kier molecular flexibility index (Phi) is 4.55. The number of aromatic nitrogens is 1. The van der Waals surface area contributed by atoms with E-state index in [1.165, 1.54) is 80.3 Å². The summed E-state index contributed by atoms with van der Waals surface area (Å²) < 4.78 is 5.12. The van der Waals surface area contributed by atoms with Crippen LogP contribution in [-0.4, -0.2) is 4.57 Å². The van der Waals surface area contributed by atoms with Crippen molar-refractivity contribution >= 4 is 74.9 Å². The van der Waals surface area contributed by atoms with Crippen molar-refractivity contribution in [2.75, 3.05) is 0 Å². The van der Waals surface area contributed by atoms with Crippen molar-refractivity contribution in [1.29, 1.82) is 0 Å². The fourth-order valence-electron chi connectivity index (χ4n) is 6.62. The van der Waals surface area contributed by atoms with E-state index in [4.69, 9.17) is 0 Å². The van der Waals surface area contributed by atoms with Crippen LogP contribution in [0.2, 0.25) is 0 Å². The SMILES string of the molecule is c1ccc2c(-c3ccc4c(c3)c3ccccc3n4-c3cccc4c3sc3ccccc34)c3ccccc3cc2c1. The van der Waals surface area contributed by atoms with Gasteiger partial charge in [-0.25, -0.2) is 0 Å². The van der Waals surface area contributed by atoms with Gasteiger partial charge in [-0.2, -0.15) is 0 Å². The average Bonchev–Trinajstić information content (AvgIpc) is 3.55. The smallest absolute Gasteiger partial charge is 0.0640 e. The van der Waals surface area contributed by atoms with Gasteiger partial charge in [0.25, 0.3) is 0 Å². The first-order valence-corrected chi connectivity index (χ1v) is 14.5. The third kappa shape index (κ3) is 3.03. The van der Waals surface area contributed by atoms with Crippen molar-refractivity contribution < 1.29 is 0 Å². The Labute approximate surface area is 235 Å². The van der Waals surface area contributed by atoms with Crippen LogP contribution in [0.3, 0.4) is 0 Å². The molecule has 0 aliphatic rings. The van der Waals surface area contributed by atoms with Gasteiger partial charge in [0, 0.05) is 26.2 Å². The van der Waals surface area contributed by atoms with Crippen molar-refractivity contribution in [3.63, 3.8) is 0 Å². The molecule has 0 spiro atoms. The van der Waals surface area contributed by atoms with Gasteiger partial charge in [0.2, 0.25) is 0 Å². The molecule has 0 N–H and O–H groups in total. The largest absolute Gasteiger partial charge is 0.308 e. The van der Waals surface area contributed by atoms with Crippen LogP contribution in [-0.2, 0) is 0 Å². The lowest BCUT2D eigenvalue weighted by Crippen LogP contribution is -1.94. The molecule has 9 aromatic rings. The molecule has 0 saturated carbocycles. The first-order chi connectivity index (χ1) is 19.8. The molecule has 0 amide bonds.